The number of likely N-dealkylation sites (N-methyl/N-ethyl adjacent to an activating group) is 1. The van der Waals surface area contributed by atoms with Crippen molar-refractivity contribution in [1.82, 2.24) is 15.5 Å². The molecular weight excluding hydrogens is 318 g/mol. The molecule has 0 aromatic heterocycles. The summed E-state index contributed by atoms with van der Waals surface area (Å²) in [7, 11) is 0. The maximum Gasteiger partial charge on any atom is 0.317 e. The van der Waals surface area contributed by atoms with Crippen LogP contribution in [0, 0.1) is 0 Å². The molecule has 25 heavy (non-hydrogen) atoms. The number of hydrogen-bond acceptors (Lipinski definition) is 3. The van der Waals surface area contributed by atoms with Crippen molar-refractivity contribution in [3.63, 3.8) is 0 Å². The highest BCUT2D eigenvalue weighted by atomic mass is 16.4. The third-order valence-corrected chi connectivity index (χ3v) is 4.79. The number of benzene rings is 1. The van der Waals surface area contributed by atoms with Crippen LogP contribution in [0.4, 0.5) is 4.79 Å². The van der Waals surface area contributed by atoms with Crippen LogP contribution in [-0.2, 0) is 4.79 Å². The minimum Gasteiger partial charge on any atom is -0.480 e. The first-order chi connectivity index (χ1) is 12.0. The van der Waals surface area contributed by atoms with E-state index in [-0.39, 0.29) is 30.7 Å². The Hall–Kier alpha value is -2.08. The monoisotopic (exact) mass is 347 g/mol. The molecule has 3 N–H and O–H groups in total. The predicted molar refractivity (Wildman–Crippen MR) is 97.5 cm³/mol. The molecule has 138 valence electrons. The molecule has 6 nitrogen and oxygen atoms in total. The quantitative estimate of drug-likeness (QED) is 0.641. The van der Waals surface area contributed by atoms with Gasteiger partial charge < -0.3 is 15.7 Å². The molecule has 1 aromatic rings. The fraction of sp³-hybridized carbons (Fsp3) is 0.579. The lowest BCUT2D eigenvalue weighted by atomic mass is 9.85. The summed E-state index contributed by atoms with van der Waals surface area (Å²) in [6.07, 6.45) is 3.50. The molecule has 1 fully saturated rings. The summed E-state index contributed by atoms with van der Waals surface area (Å²) in [6, 6.07) is 10.2. The molecule has 2 rings (SSSR count). The first kappa shape index (κ1) is 19.2. The van der Waals surface area contributed by atoms with Crippen molar-refractivity contribution in [2.75, 3.05) is 13.1 Å². The minimum atomic E-state index is -0.804. The lowest BCUT2D eigenvalue weighted by Crippen LogP contribution is -2.56. The molecule has 1 atom stereocenters. The molecule has 0 saturated heterocycles. The van der Waals surface area contributed by atoms with E-state index < -0.39 is 5.97 Å². The molecule has 0 bridgehead atoms. The fourth-order valence-corrected chi connectivity index (χ4v) is 3.36. The van der Waals surface area contributed by atoms with Gasteiger partial charge in [0.05, 0.1) is 12.6 Å². The standard InChI is InChI=1S/C19H29N3O3/c1-3-8-17(14-9-6-5-7-10-14)21-19(25)20-15-11-16(12-15)22(4-2)13-18(23)24/h5-7,9-10,15-17H,3-4,8,11-13H2,1-2H3,(H,23,24)(H2,20,21,25). The normalized spacial score (nSPS) is 20.6. The molecule has 0 aliphatic heterocycles. The number of aliphatic carboxylic acids is 1. The number of carbonyl (C=O) groups is 2. The molecule has 0 heterocycles. The molecule has 1 aromatic carbocycles. The Labute approximate surface area is 149 Å². The first-order valence-corrected chi connectivity index (χ1v) is 9.11. The van der Waals surface area contributed by atoms with Crippen molar-refractivity contribution in [2.45, 2.75) is 57.7 Å². The van der Waals surface area contributed by atoms with Crippen LogP contribution in [0.15, 0.2) is 30.3 Å². The van der Waals surface area contributed by atoms with Gasteiger partial charge in [0.1, 0.15) is 0 Å². The zero-order valence-electron chi connectivity index (χ0n) is 15.1. The zero-order chi connectivity index (χ0) is 18.2. The molecule has 0 spiro atoms. The van der Waals surface area contributed by atoms with Crippen molar-refractivity contribution >= 4 is 12.0 Å². The van der Waals surface area contributed by atoms with Crippen LogP contribution in [0.25, 0.3) is 0 Å². The van der Waals surface area contributed by atoms with Gasteiger partial charge in [-0.1, -0.05) is 50.6 Å². The van der Waals surface area contributed by atoms with E-state index in [1.807, 2.05) is 42.2 Å². The topological polar surface area (TPSA) is 81.7 Å². The van der Waals surface area contributed by atoms with Crippen LogP contribution in [0.3, 0.4) is 0 Å². The summed E-state index contributed by atoms with van der Waals surface area (Å²) in [4.78, 5) is 25.1. The number of carboxylic acid groups (broad SMARTS) is 1. The van der Waals surface area contributed by atoms with Gasteiger partial charge in [0, 0.05) is 12.1 Å². The van der Waals surface area contributed by atoms with Crippen molar-refractivity contribution in [3.8, 4) is 0 Å². The lowest BCUT2D eigenvalue weighted by Gasteiger charge is -2.42. The van der Waals surface area contributed by atoms with Gasteiger partial charge in [0.2, 0.25) is 0 Å². The third-order valence-electron chi connectivity index (χ3n) is 4.79. The summed E-state index contributed by atoms with van der Waals surface area (Å²) in [5.41, 5.74) is 1.12. The molecule has 1 unspecified atom stereocenters. The fourth-order valence-electron chi connectivity index (χ4n) is 3.36. The van der Waals surface area contributed by atoms with E-state index >= 15 is 0 Å². The number of nitrogens with one attached hydrogen (secondary N) is 2. The Kier molecular flexibility index (Phi) is 7.25. The number of carbonyl (C=O) groups excluding carboxylic acids is 1. The summed E-state index contributed by atoms with van der Waals surface area (Å²) < 4.78 is 0. The second-order valence-corrected chi connectivity index (χ2v) is 6.65. The van der Waals surface area contributed by atoms with Gasteiger partial charge in [-0.15, -0.1) is 0 Å². The summed E-state index contributed by atoms with van der Waals surface area (Å²) in [5.74, 6) is -0.804. The van der Waals surface area contributed by atoms with Crippen molar-refractivity contribution in [2.24, 2.45) is 0 Å². The molecule has 1 aliphatic rings. The van der Waals surface area contributed by atoms with E-state index in [4.69, 9.17) is 5.11 Å². The van der Waals surface area contributed by atoms with Gasteiger partial charge in [-0.2, -0.15) is 0 Å². The van der Waals surface area contributed by atoms with Crippen LogP contribution in [0.2, 0.25) is 0 Å². The molecule has 2 amide bonds. The summed E-state index contributed by atoms with van der Waals surface area (Å²) in [6.45, 7) is 4.84. The summed E-state index contributed by atoms with van der Waals surface area (Å²) >= 11 is 0. The second-order valence-electron chi connectivity index (χ2n) is 6.65. The molecular formula is C19H29N3O3. The Bertz CT molecular complexity index is 558. The number of rotatable bonds is 9. The van der Waals surface area contributed by atoms with E-state index in [1.54, 1.807) is 0 Å². The Morgan fingerprint density at radius 2 is 1.92 bits per heavy atom. The molecule has 1 aliphatic carbocycles. The SMILES string of the molecule is CCCC(NC(=O)NC1CC(N(CC)CC(=O)O)C1)c1ccccc1. The van der Waals surface area contributed by atoms with Crippen LogP contribution in [0.1, 0.15) is 51.1 Å². The Morgan fingerprint density at radius 3 is 2.48 bits per heavy atom. The van der Waals surface area contributed by atoms with E-state index in [0.29, 0.717) is 6.54 Å². The second kappa shape index (κ2) is 9.42. The van der Waals surface area contributed by atoms with Gasteiger partial charge in [-0.05, 0) is 31.4 Å². The van der Waals surface area contributed by atoms with Crippen molar-refractivity contribution in [3.05, 3.63) is 35.9 Å². The number of urea groups is 1. The van der Waals surface area contributed by atoms with Gasteiger partial charge in [-0.3, -0.25) is 9.69 Å². The van der Waals surface area contributed by atoms with Crippen LogP contribution in [-0.4, -0.2) is 47.2 Å². The number of carboxylic acids is 1. The number of hydrogen-bond donors (Lipinski definition) is 3. The highest BCUT2D eigenvalue weighted by Gasteiger charge is 2.34. The van der Waals surface area contributed by atoms with E-state index in [0.717, 1.165) is 31.2 Å². The number of amides is 2. The molecule has 1 saturated carbocycles. The zero-order valence-corrected chi connectivity index (χ0v) is 15.1. The third kappa shape index (κ3) is 5.74. The van der Waals surface area contributed by atoms with Crippen molar-refractivity contribution < 1.29 is 14.7 Å². The van der Waals surface area contributed by atoms with Crippen LogP contribution < -0.4 is 10.6 Å². The lowest BCUT2D eigenvalue weighted by molar-refractivity contribution is -0.139. The average Bonchev–Trinajstić information content (AvgIpc) is 2.56. The first-order valence-electron chi connectivity index (χ1n) is 9.11. The maximum atomic E-state index is 12.3. The predicted octanol–water partition coefficient (Wildman–Crippen LogP) is 2.76. The maximum absolute atomic E-state index is 12.3. The van der Waals surface area contributed by atoms with Gasteiger partial charge >= 0.3 is 12.0 Å². The number of nitrogens with zero attached hydrogens (tertiary/aromatic N) is 1. The highest BCUT2D eigenvalue weighted by molar-refractivity contribution is 5.75. The minimum absolute atomic E-state index is 0.0150. The van der Waals surface area contributed by atoms with E-state index in [9.17, 15) is 9.59 Å². The van der Waals surface area contributed by atoms with Gasteiger partial charge in [0.25, 0.3) is 0 Å². The Morgan fingerprint density at radius 1 is 1.24 bits per heavy atom. The largest absolute Gasteiger partial charge is 0.480 e. The Balaban J connectivity index is 1.79. The van der Waals surface area contributed by atoms with E-state index in [1.165, 1.54) is 0 Å². The smallest absolute Gasteiger partial charge is 0.317 e. The van der Waals surface area contributed by atoms with Crippen LogP contribution >= 0.6 is 0 Å². The van der Waals surface area contributed by atoms with Gasteiger partial charge in [0.15, 0.2) is 0 Å². The summed E-state index contributed by atoms with van der Waals surface area (Å²) in [5, 5.41) is 15.0. The van der Waals surface area contributed by atoms with Gasteiger partial charge in [-0.25, -0.2) is 4.79 Å². The average molecular weight is 347 g/mol. The van der Waals surface area contributed by atoms with Crippen LogP contribution in [0.5, 0.6) is 0 Å². The van der Waals surface area contributed by atoms with Crippen molar-refractivity contribution in [1.29, 1.82) is 0 Å². The molecule has 0 radical (unpaired) electrons. The highest BCUT2D eigenvalue weighted by Crippen LogP contribution is 2.26. The van der Waals surface area contributed by atoms with E-state index in [2.05, 4.69) is 17.6 Å². The molecule has 6 heteroatoms.